The number of ether oxygens (including phenoxy) is 1. The molecule has 7 heteroatoms. The zero-order valence-electron chi connectivity index (χ0n) is 10.2. The monoisotopic (exact) mass is 274 g/mol. The van der Waals surface area contributed by atoms with Crippen molar-refractivity contribution in [2.45, 2.75) is 19.1 Å². The fourth-order valence-electron chi connectivity index (χ4n) is 1.76. The van der Waals surface area contributed by atoms with E-state index < -0.39 is 18.8 Å². The van der Waals surface area contributed by atoms with Crippen LogP contribution in [0.15, 0.2) is 18.2 Å². The molecule has 0 saturated heterocycles. The van der Waals surface area contributed by atoms with E-state index in [4.69, 9.17) is 4.74 Å². The van der Waals surface area contributed by atoms with Crippen LogP contribution < -0.4 is 15.4 Å². The van der Waals surface area contributed by atoms with E-state index in [2.05, 4.69) is 10.6 Å². The van der Waals surface area contributed by atoms with Gasteiger partial charge >= 0.3 is 6.18 Å². The summed E-state index contributed by atoms with van der Waals surface area (Å²) in [5.41, 5.74) is 1.13. The third-order valence-electron chi connectivity index (χ3n) is 2.75. The largest absolute Gasteiger partial charge is 0.482 e. The minimum Gasteiger partial charge on any atom is -0.482 e. The molecule has 1 aliphatic heterocycles. The smallest absolute Gasteiger partial charge is 0.401 e. The molecule has 0 bridgehead atoms. The van der Waals surface area contributed by atoms with Crippen LogP contribution in [-0.4, -0.2) is 25.2 Å². The molecule has 1 atom stereocenters. The van der Waals surface area contributed by atoms with Crippen molar-refractivity contribution in [3.63, 3.8) is 0 Å². The first kappa shape index (κ1) is 13.7. The summed E-state index contributed by atoms with van der Waals surface area (Å²) in [5, 5.41) is 4.99. The number of fused-ring (bicyclic) bond motifs is 1. The van der Waals surface area contributed by atoms with Crippen molar-refractivity contribution < 1.29 is 22.7 Å². The molecule has 0 fully saturated rings. The van der Waals surface area contributed by atoms with Crippen LogP contribution in [0.25, 0.3) is 0 Å². The van der Waals surface area contributed by atoms with Gasteiger partial charge in [0.25, 0.3) is 5.91 Å². The van der Waals surface area contributed by atoms with Gasteiger partial charge in [0.2, 0.25) is 0 Å². The van der Waals surface area contributed by atoms with Crippen molar-refractivity contribution in [3.05, 3.63) is 23.8 Å². The minimum atomic E-state index is -4.25. The Kier molecular flexibility index (Phi) is 3.66. The normalized spacial score (nSPS) is 16.3. The molecule has 1 aliphatic rings. The zero-order chi connectivity index (χ0) is 14.0. The first-order chi connectivity index (χ1) is 8.85. The summed E-state index contributed by atoms with van der Waals surface area (Å²) < 4.78 is 41.5. The predicted molar refractivity (Wildman–Crippen MR) is 63.0 cm³/mol. The molecular formula is C12H13F3N2O2. The number of halogens is 3. The molecule has 1 amide bonds. The number of alkyl halides is 3. The Labute approximate surface area is 107 Å². The van der Waals surface area contributed by atoms with Gasteiger partial charge in [0.15, 0.2) is 6.61 Å². The molecule has 1 aromatic rings. The van der Waals surface area contributed by atoms with Crippen LogP contribution in [0, 0.1) is 0 Å². The van der Waals surface area contributed by atoms with E-state index in [1.165, 1.54) is 0 Å². The van der Waals surface area contributed by atoms with E-state index in [1.807, 2.05) is 0 Å². The minimum absolute atomic E-state index is 0.0474. The van der Waals surface area contributed by atoms with E-state index in [0.717, 1.165) is 0 Å². The number of hydrogen-bond donors (Lipinski definition) is 2. The quantitative estimate of drug-likeness (QED) is 0.888. The molecule has 4 nitrogen and oxygen atoms in total. The lowest BCUT2D eigenvalue weighted by Gasteiger charge is -2.21. The molecule has 0 aromatic heterocycles. The third-order valence-corrected chi connectivity index (χ3v) is 2.75. The molecule has 2 N–H and O–H groups in total. The lowest BCUT2D eigenvalue weighted by molar-refractivity contribution is -0.126. The third kappa shape index (κ3) is 3.60. The predicted octanol–water partition coefficient (Wildman–Crippen LogP) is 2.23. The number of nitrogens with one attached hydrogen (secondary N) is 2. The highest BCUT2D eigenvalue weighted by Gasteiger charge is 2.27. The maximum atomic E-state index is 12.1. The summed E-state index contributed by atoms with van der Waals surface area (Å²) in [5.74, 6) is 0.243. The van der Waals surface area contributed by atoms with E-state index >= 15 is 0 Å². The van der Waals surface area contributed by atoms with Crippen molar-refractivity contribution in [2.24, 2.45) is 0 Å². The summed E-state index contributed by atoms with van der Waals surface area (Å²) >= 11 is 0. The molecule has 0 aliphatic carbocycles. The Morgan fingerprint density at radius 3 is 2.89 bits per heavy atom. The number of carbonyl (C=O) groups excluding carboxylic acids is 1. The van der Waals surface area contributed by atoms with Gasteiger partial charge in [-0.25, -0.2) is 0 Å². The van der Waals surface area contributed by atoms with Gasteiger partial charge in [0.05, 0.1) is 12.2 Å². The lowest BCUT2D eigenvalue weighted by Crippen LogP contribution is -2.31. The second kappa shape index (κ2) is 5.08. The van der Waals surface area contributed by atoms with Gasteiger partial charge in [0.1, 0.15) is 5.75 Å². The molecule has 0 radical (unpaired) electrons. The van der Waals surface area contributed by atoms with Crippen LogP contribution in [0.1, 0.15) is 18.5 Å². The van der Waals surface area contributed by atoms with Gasteiger partial charge in [-0.05, 0) is 24.6 Å². The standard InChI is InChI=1S/C12H13F3N2O2/c1-7(16-6-12(13,14)15)8-2-3-10-9(4-8)17-11(18)5-19-10/h2-4,7,16H,5-6H2,1H3,(H,17,18). The van der Waals surface area contributed by atoms with Gasteiger partial charge in [-0.3, -0.25) is 4.79 Å². The molecule has 2 rings (SSSR count). The number of hydrogen-bond acceptors (Lipinski definition) is 3. The summed E-state index contributed by atoms with van der Waals surface area (Å²) in [6.07, 6.45) is -4.25. The highest BCUT2D eigenvalue weighted by molar-refractivity contribution is 5.95. The maximum Gasteiger partial charge on any atom is 0.401 e. The number of benzene rings is 1. The number of amides is 1. The Morgan fingerprint density at radius 2 is 2.21 bits per heavy atom. The first-order valence-electron chi connectivity index (χ1n) is 5.72. The molecular weight excluding hydrogens is 261 g/mol. The van der Waals surface area contributed by atoms with Gasteiger partial charge in [-0.2, -0.15) is 13.2 Å². The highest BCUT2D eigenvalue weighted by atomic mass is 19.4. The summed E-state index contributed by atoms with van der Waals surface area (Å²) in [4.78, 5) is 11.2. The van der Waals surface area contributed by atoms with Crippen molar-refractivity contribution in [2.75, 3.05) is 18.5 Å². The Bertz CT molecular complexity index is 488. The highest BCUT2D eigenvalue weighted by Crippen LogP contribution is 2.30. The zero-order valence-corrected chi connectivity index (χ0v) is 10.2. The second-order valence-corrected chi connectivity index (χ2v) is 4.31. The first-order valence-corrected chi connectivity index (χ1v) is 5.72. The van der Waals surface area contributed by atoms with E-state index in [0.29, 0.717) is 17.0 Å². The van der Waals surface area contributed by atoms with Crippen LogP contribution in [0.4, 0.5) is 18.9 Å². The van der Waals surface area contributed by atoms with Gasteiger partial charge in [0, 0.05) is 6.04 Å². The molecule has 1 heterocycles. The van der Waals surface area contributed by atoms with Crippen LogP contribution in [-0.2, 0) is 4.79 Å². The van der Waals surface area contributed by atoms with Gasteiger partial charge in [-0.15, -0.1) is 0 Å². The number of carbonyl (C=O) groups is 1. The van der Waals surface area contributed by atoms with E-state index in [9.17, 15) is 18.0 Å². The maximum absolute atomic E-state index is 12.1. The Balaban J connectivity index is 2.08. The average molecular weight is 274 g/mol. The van der Waals surface area contributed by atoms with Gasteiger partial charge < -0.3 is 15.4 Å². The Morgan fingerprint density at radius 1 is 1.47 bits per heavy atom. The summed E-state index contributed by atoms with van der Waals surface area (Å²) in [6.45, 7) is 0.515. The molecule has 1 unspecified atom stereocenters. The van der Waals surface area contributed by atoms with Crippen LogP contribution in [0.5, 0.6) is 5.75 Å². The van der Waals surface area contributed by atoms with Crippen molar-refractivity contribution in [1.29, 1.82) is 0 Å². The molecule has 1 aromatic carbocycles. The molecule has 0 saturated carbocycles. The van der Waals surface area contributed by atoms with E-state index in [-0.39, 0.29) is 12.5 Å². The topological polar surface area (TPSA) is 50.4 Å². The Hall–Kier alpha value is -1.76. The number of rotatable bonds is 3. The SMILES string of the molecule is CC(NCC(F)(F)F)c1ccc2c(c1)NC(=O)CO2. The van der Waals surface area contributed by atoms with Crippen molar-refractivity contribution in [3.8, 4) is 5.75 Å². The molecule has 19 heavy (non-hydrogen) atoms. The summed E-state index contributed by atoms with van der Waals surface area (Å²) in [7, 11) is 0. The molecule has 104 valence electrons. The van der Waals surface area contributed by atoms with Crippen LogP contribution >= 0.6 is 0 Å². The van der Waals surface area contributed by atoms with Crippen LogP contribution in [0.2, 0.25) is 0 Å². The lowest BCUT2D eigenvalue weighted by atomic mass is 10.1. The van der Waals surface area contributed by atoms with E-state index in [1.54, 1.807) is 25.1 Å². The number of anilines is 1. The van der Waals surface area contributed by atoms with Crippen molar-refractivity contribution >= 4 is 11.6 Å². The second-order valence-electron chi connectivity index (χ2n) is 4.31. The van der Waals surface area contributed by atoms with Gasteiger partial charge in [-0.1, -0.05) is 6.07 Å². The fraction of sp³-hybridized carbons (Fsp3) is 0.417. The van der Waals surface area contributed by atoms with Crippen molar-refractivity contribution in [1.82, 2.24) is 5.32 Å². The molecule has 0 spiro atoms. The van der Waals surface area contributed by atoms with Crippen LogP contribution in [0.3, 0.4) is 0 Å². The fourth-order valence-corrected chi connectivity index (χ4v) is 1.76. The average Bonchev–Trinajstić information content (AvgIpc) is 2.34. The summed E-state index contributed by atoms with van der Waals surface area (Å²) in [6, 6.07) is 4.44.